The Bertz CT molecular complexity index is 504. The summed E-state index contributed by atoms with van der Waals surface area (Å²) in [6.45, 7) is 8.57. The predicted molar refractivity (Wildman–Crippen MR) is 94.1 cm³/mol. The molecule has 1 fully saturated rings. The van der Waals surface area contributed by atoms with Crippen LogP contribution >= 0.6 is 0 Å². The summed E-state index contributed by atoms with van der Waals surface area (Å²) in [5, 5.41) is 6.66. The summed E-state index contributed by atoms with van der Waals surface area (Å²) in [4.78, 5) is 7.04. The van der Waals surface area contributed by atoms with Gasteiger partial charge in [0.05, 0.1) is 6.54 Å². The van der Waals surface area contributed by atoms with Crippen molar-refractivity contribution in [1.29, 1.82) is 0 Å². The first kappa shape index (κ1) is 17.7. The number of guanidine groups is 1. The lowest BCUT2D eigenvalue weighted by molar-refractivity contribution is 0.157. The van der Waals surface area contributed by atoms with Crippen LogP contribution in [-0.4, -0.2) is 43.1 Å². The minimum absolute atomic E-state index is 0.198. The fourth-order valence-electron chi connectivity index (χ4n) is 3.05. The van der Waals surface area contributed by atoms with Crippen LogP contribution in [0.3, 0.4) is 0 Å². The van der Waals surface area contributed by atoms with Crippen LogP contribution in [0.15, 0.2) is 29.3 Å². The van der Waals surface area contributed by atoms with Gasteiger partial charge < -0.3 is 10.6 Å². The first-order chi connectivity index (χ1) is 11.2. The van der Waals surface area contributed by atoms with Crippen LogP contribution in [-0.2, 0) is 6.54 Å². The fraction of sp³-hybridized carbons (Fsp3) is 0.611. The molecule has 2 N–H and O–H groups in total. The Morgan fingerprint density at radius 3 is 2.83 bits per heavy atom. The normalized spacial score (nSPS) is 19.6. The minimum atomic E-state index is -0.198. The second kappa shape index (κ2) is 9.50. The van der Waals surface area contributed by atoms with Crippen molar-refractivity contribution in [1.82, 2.24) is 15.5 Å². The third-order valence-corrected chi connectivity index (χ3v) is 4.37. The third-order valence-electron chi connectivity index (χ3n) is 4.37. The number of piperidine rings is 1. The maximum absolute atomic E-state index is 13.7. The van der Waals surface area contributed by atoms with Gasteiger partial charge in [0, 0.05) is 24.7 Å². The van der Waals surface area contributed by atoms with Crippen LogP contribution in [0.2, 0.25) is 0 Å². The number of hydrogen-bond acceptors (Lipinski definition) is 2. The first-order valence-corrected chi connectivity index (χ1v) is 8.74. The van der Waals surface area contributed by atoms with Crippen LogP contribution in [0.1, 0.15) is 38.7 Å². The molecule has 1 heterocycles. The number of nitrogens with zero attached hydrogens (tertiary/aromatic N) is 2. The van der Waals surface area contributed by atoms with Crippen molar-refractivity contribution >= 4 is 5.96 Å². The van der Waals surface area contributed by atoms with Crippen LogP contribution in [0.4, 0.5) is 4.39 Å². The van der Waals surface area contributed by atoms with E-state index in [0.717, 1.165) is 25.6 Å². The van der Waals surface area contributed by atoms with Crippen molar-refractivity contribution < 1.29 is 4.39 Å². The Morgan fingerprint density at radius 1 is 1.26 bits per heavy atom. The van der Waals surface area contributed by atoms with Gasteiger partial charge in [-0.2, -0.15) is 0 Å². The van der Waals surface area contributed by atoms with Gasteiger partial charge in [-0.15, -0.1) is 0 Å². The Kier molecular flexibility index (Phi) is 7.33. The topological polar surface area (TPSA) is 39.7 Å². The summed E-state index contributed by atoms with van der Waals surface area (Å²) in [7, 11) is 0. The van der Waals surface area contributed by atoms with E-state index < -0.39 is 0 Å². The molecular formula is C18H29FN4. The predicted octanol–water partition coefficient (Wildman–Crippen LogP) is 2.76. The Balaban J connectivity index is 1.92. The van der Waals surface area contributed by atoms with E-state index in [-0.39, 0.29) is 5.82 Å². The van der Waals surface area contributed by atoms with E-state index in [2.05, 4.69) is 27.4 Å². The van der Waals surface area contributed by atoms with Crippen LogP contribution in [0, 0.1) is 5.82 Å². The fourth-order valence-corrected chi connectivity index (χ4v) is 3.05. The largest absolute Gasteiger partial charge is 0.357 e. The highest BCUT2D eigenvalue weighted by Crippen LogP contribution is 2.15. The highest BCUT2D eigenvalue weighted by Gasteiger charge is 2.20. The lowest BCUT2D eigenvalue weighted by Gasteiger charge is -2.35. The molecule has 0 spiro atoms. The standard InChI is InChI=1S/C18H29FN4/c1-3-20-18(21-13-15-9-5-6-11-17(15)19)22-14-16-10-7-8-12-23(16)4-2/h5-6,9,11,16H,3-4,7-8,10,12-14H2,1-2H3,(H2,20,21,22). The molecule has 1 aliphatic heterocycles. The van der Waals surface area contributed by atoms with Gasteiger partial charge in [-0.25, -0.2) is 9.38 Å². The molecule has 0 radical (unpaired) electrons. The number of nitrogens with one attached hydrogen (secondary N) is 2. The van der Waals surface area contributed by atoms with E-state index in [1.807, 2.05) is 13.0 Å². The molecule has 1 aromatic rings. The number of rotatable bonds is 6. The molecular weight excluding hydrogens is 291 g/mol. The van der Waals surface area contributed by atoms with Gasteiger partial charge in [0.2, 0.25) is 0 Å². The molecule has 0 aliphatic carbocycles. The van der Waals surface area contributed by atoms with Crippen molar-refractivity contribution in [2.24, 2.45) is 4.99 Å². The number of halogens is 1. The van der Waals surface area contributed by atoms with Gasteiger partial charge in [-0.05, 0) is 38.9 Å². The molecule has 5 heteroatoms. The molecule has 23 heavy (non-hydrogen) atoms. The van der Waals surface area contributed by atoms with E-state index in [1.165, 1.54) is 31.9 Å². The van der Waals surface area contributed by atoms with Crippen molar-refractivity contribution in [2.75, 3.05) is 26.2 Å². The Morgan fingerprint density at radius 2 is 2.09 bits per heavy atom. The first-order valence-electron chi connectivity index (χ1n) is 8.74. The molecule has 1 saturated heterocycles. The molecule has 1 atom stereocenters. The number of likely N-dealkylation sites (tertiary alicyclic amines) is 1. The third kappa shape index (κ3) is 5.50. The summed E-state index contributed by atoms with van der Waals surface area (Å²) in [6.07, 6.45) is 3.82. The van der Waals surface area contributed by atoms with Gasteiger partial charge >= 0.3 is 0 Å². The van der Waals surface area contributed by atoms with E-state index in [0.29, 0.717) is 18.2 Å². The van der Waals surface area contributed by atoms with E-state index in [9.17, 15) is 4.39 Å². The molecule has 1 aliphatic rings. The summed E-state index contributed by atoms with van der Waals surface area (Å²) < 4.78 is 13.7. The minimum Gasteiger partial charge on any atom is -0.357 e. The van der Waals surface area contributed by atoms with Crippen LogP contribution in [0.5, 0.6) is 0 Å². The van der Waals surface area contributed by atoms with Crippen LogP contribution in [0.25, 0.3) is 0 Å². The lowest BCUT2D eigenvalue weighted by atomic mass is 10.0. The molecule has 128 valence electrons. The van der Waals surface area contributed by atoms with Gasteiger partial charge in [-0.3, -0.25) is 4.90 Å². The number of hydrogen-bond donors (Lipinski definition) is 2. The number of likely N-dealkylation sites (N-methyl/N-ethyl adjacent to an activating group) is 1. The summed E-state index contributed by atoms with van der Waals surface area (Å²) in [5.74, 6) is 0.564. The monoisotopic (exact) mass is 320 g/mol. The zero-order valence-corrected chi connectivity index (χ0v) is 14.3. The molecule has 4 nitrogen and oxygen atoms in total. The average molecular weight is 320 g/mol. The summed E-state index contributed by atoms with van der Waals surface area (Å²) >= 11 is 0. The highest BCUT2D eigenvalue weighted by molar-refractivity contribution is 5.79. The summed E-state index contributed by atoms with van der Waals surface area (Å²) in [6, 6.07) is 7.37. The second-order valence-corrected chi connectivity index (χ2v) is 5.95. The molecule has 0 amide bonds. The van der Waals surface area contributed by atoms with Gasteiger partial charge in [0.25, 0.3) is 0 Å². The molecule has 2 rings (SSSR count). The van der Waals surface area contributed by atoms with Gasteiger partial charge in [0.1, 0.15) is 5.82 Å². The lowest BCUT2D eigenvalue weighted by Crippen LogP contribution is -2.49. The second-order valence-electron chi connectivity index (χ2n) is 5.95. The summed E-state index contributed by atoms with van der Waals surface area (Å²) in [5.41, 5.74) is 0.623. The number of aliphatic imine (C=N–C) groups is 1. The van der Waals surface area contributed by atoms with E-state index in [1.54, 1.807) is 12.1 Å². The molecule has 1 aromatic carbocycles. The average Bonchev–Trinajstić information content (AvgIpc) is 2.59. The van der Waals surface area contributed by atoms with Crippen molar-refractivity contribution in [3.8, 4) is 0 Å². The molecule has 1 unspecified atom stereocenters. The highest BCUT2D eigenvalue weighted by atomic mass is 19.1. The van der Waals surface area contributed by atoms with Crippen molar-refractivity contribution in [3.05, 3.63) is 35.6 Å². The smallest absolute Gasteiger partial charge is 0.191 e. The van der Waals surface area contributed by atoms with E-state index >= 15 is 0 Å². The molecule has 0 aromatic heterocycles. The zero-order valence-electron chi connectivity index (χ0n) is 14.3. The Hall–Kier alpha value is -1.62. The maximum Gasteiger partial charge on any atom is 0.191 e. The zero-order chi connectivity index (χ0) is 16.5. The quantitative estimate of drug-likeness (QED) is 0.625. The molecule has 0 bridgehead atoms. The molecule has 0 saturated carbocycles. The van der Waals surface area contributed by atoms with E-state index in [4.69, 9.17) is 0 Å². The van der Waals surface area contributed by atoms with Gasteiger partial charge in [-0.1, -0.05) is 31.5 Å². The SMILES string of the molecule is CCNC(=NCc1ccccc1F)NCC1CCCCN1CC. The van der Waals surface area contributed by atoms with Gasteiger partial charge in [0.15, 0.2) is 5.96 Å². The maximum atomic E-state index is 13.7. The Labute approximate surface area is 139 Å². The van der Waals surface area contributed by atoms with Crippen molar-refractivity contribution in [3.63, 3.8) is 0 Å². The number of benzene rings is 1. The van der Waals surface area contributed by atoms with Crippen LogP contribution < -0.4 is 10.6 Å². The van der Waals surface area contributed by atoms with Crippen molar-refractivity contribution in [2.45, 2.75) is 45.7 Å².